The number of hydrogen-bond acceptors (Lipinski definition) is 2. The first-order chi connectivity index (χ1) is 8.32. The molecule has 0 aliphatic rings. The van der Waals surface area contributed by atoms with E-state index in [1.54, 1.807) is 0 Å². The van der Waals surface area contributed by atoms with E-state index >= 15 is 0 Å². The number of amides is 2. The number of benzene rings is 1. The zero-order chi connectivity index (χ0) is 13.9. The molecule has 0 aliphatic carbocycles. The maximum absolute atomic E-state index is 13.0. The molecule has 0 bridgehead atoms. The Balaban J connectivity index is 2.75. The van der Waals surface area contributed by atoms with Crippen molar-refractivity contribution < 1.29 is 19.1 Å². The Kier molecular flexibility index (Phi) is 4.66. The molecule has 5 nitrogen and oxygen atoms in total. The lowest BCUT2D eigenvalue weighted by Gasteiger charge is -2.21. The molecule has 2 N–H and O–H groups in total. The van der Waals surface area contributed by atoms with Crippen LogP contribution in [0.4, 0.5) is 14.9 Å². The maximum atomic E-state index is 13.0. The molecule has 0 aliphatic heterocycles. The number of halogens is 2. The molecular weight excluding hydrogens is 307 g/mol. The van der Waals surface area contributed by atoms with Crippen LogP contribution in [0.3, 0.4) is 0 Å². The summed E-state index contributed by atoms with van der Waals surface area (Å²) in [5.74, 6) is -1.55. The summed E-state index contributed by atoms with van der Waals surface area (Å²) in [6.45, 7) is 1.39. The molecule has 1 atom stereocenters. The zero-order valence-electron chi connectivity index (χ0n) is 9.78. The van der Waals surface area contributed by atoms with Gasteiger partial charge in [0.25, 0.3) is 0 Å². The summed E-state index contributed by atoms with van der Waals surface area (Å²) in [7, 11) is 1.37. The largest absolute Gasteiger partial charge is 0.480 e. The molecule has 18 heavy (non-hydrogen) atoms. The summed E-state index contributed by atoms with van der Waals surface area (Å²) in [6, 6.07) is 2.45. The van der Waals surface area contributed by atoms with Crippen LogP contribution in [0.5, 0.6) is 0 Å². The van der Waals surface area contributed by atoms with Gasteiger partial charge in [-0.15, -0.1) is 0 Å². The number of anilines is 1. The van der Waals surface area contributed by atoms with Crippen LogP contribution in [-0.2, 0) is 4.79 Å². The Bertz CT molecular complexity index is 481. The summed E-state index contributed by atoms with van der Waals surface area (Å²) < 4.78 is 13.2. The number of urea groups is 1. The minimum absolute atomic E-state index is 0.217. The molecule has 1 rings (SSSR count). The SMILES string of the molecule is CC(C(=O)O)N(C)C(=O)Nc1ccc(F)c(Br)c1. The lowest BCUT2D eigenvalue weighted by atomic mass is 10.3. The van der Waals surface area contributed by atoms with Gasteiger partial charge in [-0.1, -0.05) is 0 Å². The van der Waals surface area contributed by atoms with Crippen molar-refractivity contribution >= 4 is 33.6 Å². The minimum atomic E-state index is -1.10. The number of carboxylic acids is 1. The number of carbonyl (C=O) groups is 2. The summed E-state index contributed by atoms with van der Waals surface area (Å²) >= 11 is 2.99. The van der Waals surface area contributed by atoms with Crippen LogP contribution >= 0.6 is 15.9 Å². The standard InChI is InChI=1S/C11H12BrFN2O3/c1-6(10(16)17)15(2)11(18)14-7-3-4-9(13)8(12)5-7/h3-6H,1-2H3,(H,14,18)(H,16,17). The molecule has 0 spiro atoms. The van der Waals surface area contributed by atoms with E-state index in [4.69, 9.17) is 5.11 Å². The first kappa shape index (κ1) is 14.4. The van der Waals surface area contributed by atoms with Crippen LogP contribution in [0.25, 0.3) is 0 Å². The lowest BCUT2D eigenvalue weighted by Crippen LogP contribution is -2.42. The molecule has 0 fully saturated rings. The molecule has 0 aromatic heterocycles. The van der Waals surface area contributed by atoms with E-state index in [1.165, 1.54) is 32.2 Å². The second-order valence-corrected chi connectivity index (χ2v) is 4.54. The van der Waals surface area contributed by atoms with E-state index in [0.29, 0.717) is 5.69 Å². The Morgan fingerprint density at radius 3 is 2.61 bits per heavy atom. The summed E-state index contributed by atoms with van der Waals surface area (Å²) in [5, 5.41) is 11.2. The average molecular weight is 319 g/mol. The highest BCUT2D eigenvalue weighted by Gasteiger charge is 2.21. The zero-order valence-corrected chi connectivity index (χ0v) is 11.4. The Labute approximate surface area is 112 Å². The number of nitrogens with zero attached hydrogens (tertiary/aromatic N) is 1. The van der Waals surface area contributed by atoms with Gasteiger partial charge in [0.15, 0.2) is 0 Å². The Morgan fingerprint density at radius 1 is 1.50 bits per heavy atom. The predicted octanol–water partition coefficient (Wildman–Crippen LogP) is 2.53. The second kappa shape index (κ2) is 5.81. The fourth-order valence-corrected chi connectivity index (χ4v) is 1.51. The number of aliphatic carboxylic acids is 1. The third-order valence-corrected chi connectivity index (χ3v) is 3.04. The third kappa shape index (κ3) is 3.43. The van der Waals surface area contributed by atoms with Crippen molar-refractivity contribution in [2.45, 2.75) is 13.0 Å². The molecule has 0 saturated carbocycles. The quantitative estimate of drug-likeness (QED) is 0.899. The minimum Gasteiger partial charge on any atom is -0.480 e. The van der Waals surface area contributed by atoms with Gasteiger partial charge in [-0.05, 0) is 41.1 Å². The molecule has 1 aromatic rings. The number of rotatable bonds is 3. The smallest absolute Gasteiger partial charge is 0.326 e. The van der Waals surface area contributed by atoms with Crippen molar-refractivity contribution in [3.8, 4) is 0 Å². The first-order valence-electron chi connectivity index (χ1n) is 5.04. The topological polar surface area (TPSA) is 69.6 Å². The number of nitrogens with one attached hydrogen (secondary N) is 1. The van der Waals surface area contributed by atoms with Gasteiger partial charge in [-0.2, -0.15) is 0 Å². The van der Waals surface area contributed by atoms with Crippen molar-refractivity contribution in [1.29, 1.82) is 0 Å². The fourth-order valence-electron chi connectivity index (χ4n) is 1.13. The third-order valence-electron chi connectivity index (χ3n) is 2.43. The molecule has 1 unspecified atom stereocenters. The Morgan fingerprint density at radius 2 is 2.11 bits per heavy atom. The average Bonchev–Trinajstić information content (AvgIpc) is 2.31. The van der Waals surface area contributed by atoms with Gasteiger partial charge in [-0.3, -0.25) is 0 Å². The highest BCUT2D eigenvalue weighted by atomic mass is 79.9. The molecule has 98 valence electrons. The molecule has 0 radical (unpaired) electrons. The van der Waals surface area contributed by atoms with E-state index in [0.717, 1.165) is 4.90 Å². The normalized spacial score (nSPS) is 11.8. The van der Waals surface area contributed by atoms with E-state index in [9.17, 15) is 14.0 Å². The fraction of sp³-hybridized carbons (Fsp3) is 0.273. The highest BCUT2D eigenvalue weighted by molar-refractivity contribution is 9.10. The van der Waals surface area contributed by atoms with Crippen molar-refractivity contribution in [3.63, 3.8) is 0 Å². The molecular formula is C11H12BrFN2O3. The van der Waals surface area contributed by atoms with Gasteiger partial charge in [-0.25, -0.2) is 14.0 Å². The van der Waals surface area contributed by atoms with Crippen LogP contribution in [0.1, 0.15) is 6.92 Å². The number of likely N-dealkylation sites (N-methyl/N-ethyl adjacent to an activating group) is 1. The summed E-state index contributed by atoms with van der Waals surface area (Å²) in [5.41, 5.74) is 0.373. The number of carbonyl (C=O) groups excluding carboxylic acids is 1. The lowest BCUT2D eigenvalue weighted by molar-refractivity contribution is -0.141. The number of carboxylic acid groups (broad SMARTS) is 1. The van der Waals surface area contributed by atoms with Crippen molar-refractivity contribution in [2.75, 3.05) is 12.4 Å². The molecule has 0 saturated heterocycles. The van der Waals surface area contributed by atoms with Crippen LogP contribution in [-0.4, -0.2) is 35.1 Å². The van der Waals surface area contributed by atoms with Crippen molar-refractivity contribution in [3.05, 3.63) is 28.5 Å². The van der Waals surface area contributed by atoms with Gasteiger partial charge in [0, 0.05) is 12.7 Å². The van der Waals surface area contributed by atoms with E-state index < -0.39 is 23.9 Å². The van der Waals surface area contributed by atoms with Crippen molar-refractivity contribution in [1.82, 2.24) is 4.90 Å². The summed E-state index contributed by atoms with van der Waals surface area (Å²) in [4.78, 5) is 23.5. The van der Waals surface area contributed by atoms with E-state index in [2.05, 4.69) is 21.2 Å². The second-order valence-electron chi connectivity index (χ2n) is 3.68. The van der Waals surface area contributed by atoms with E-state index in [1.807, 2.05) is 0 Å². The van der Waals surface area contributed by atoms with Crippen LogP contribution < -0.4 is 5.32 Å². The van der Waals surface area contributed by atoms with Gasteiger partial charge in [0.1, 0.15) is 11.9 Å². The monoisotopic (exact) mass is 318 g/mol. The van der Waals surface area contributed by atoms with Gasteiger partial charge in [0.05, 0.1) is 4.47 Å². The van der Waals surface area contributed by atoms with Crippen molar-refractivity contribution in [2.24, 2.45) is 0 Å². The maximum Gasteiger partial charge on any atom is 0.326 e. The Hall–Kier alpha value is -1.63. The van der Waals surface area contributed by atoms with Gasteiger partial charge < -0.3 is 15.3 Å². The highest BCUT2D eigenvalue weighted by Crippen LogP contribution is 2.20. The number of hydrogen-bond donors (Lipinski definition) is 2. The van der Waals surface area contributed by atoms with Crippen LogP contribution in [0.15, 0.2) is 22.7 Å². The van der Waals surface area contributed by atoms with Crippen LogP contribution in [0, 0.1) is 5.82 Å². The van der Waals surface area contributed by atoms with Crippen LogP contribution in [0.2, 0.25) is 0 Å². The molecule has 7 heteroatoms. The molecule has 1 aromatic carbocycles. The predicted molar refractivity (Wildman–Crippen MR) is 68.0 cm³/mol. The van der Waals surface area contributed by atoms with E-state index in [-0.39, 0.29) is 4.47 Å². The first-order valence-corrected chi connectivity index (χ1v) is 5.84. The molecule has 2 amide bonds. The van der Waals surface area contributed by atoms with Gasteiger partial charge >= 0.3 is 12.0 Å². The van der Waals surface area contributed by atoms with Gasteiger partial charge in [0.2, 0.25) is 0 Å². The molecule has 0 heterocycles. The summed E-state index contributed by atoms with van der Waals surface area (Å²) in [6.07, 6.45) is 0.